The highest BCUT2D eigenvalue weighted by atomic mass is 32.2. The molecule has 2 aromatic rings. The van der Waals surface area contributed by atoms with Gasteiger partial charge in [-0.05, 0) is 31.9 Å². The molecule has 1 heterocycles. The first-order chi connectivity index (χ1) is 10.4. The second-order valence-electron chi connectivity index (χ2n) is 5.61. The van der Waals surface area contributed by atoms with Gasteiger partial charge in [0.2, 0.25) is 10.0 Å². The lowest BCUT2D eigenvalue weighted by molar-refractivity contribution is -0.145. The van der Waals surface area contributed by atoms with Gasteiger partial charge in [0.15, 0.2) is 0 Å². The molecule has 0 saturated heterocycles. The van der Waals surface area contributed by atoms with Gasteiger partial charge in [-0.25, -0.2) is 13.1 Å². The quantitative estimate of drug-likeness (QED) is 0.893. The highest BCUT2D eigenvalue weighted by Crippen LogP contribution is 2.30. The first-order valence-corrected chi connectivity index (χ1v) is 8.46. The molecule has 0 bridgehead atoms. The number of aliphatic carboxylic acids is 1. The number of carboxylic acid groups (broad SMARTS) is 1. The van der Waals surface area contributed by atoms with Crippen molar-refractivity contribution >= 4 is 26.9 Å². The number of aryl methyl sites for hydroxylation is 1. The average molecular weight is 320 g/mol. The number of aromatic nitrogens is 1. The van der Waals surface area contributed by atoms with E-state index in [9.17, 15) is 13.2 Å². The molecule has 0 amide bonds. The summed E-state index contributed by atoms with van der Waals surface area (Å²) < 4.78 is 27.7. The van der Waals surface area contributed by atoms with Crippen LogP contribution in [0.1, 0.15) is 18.5 Å². The smallest absolute Gasteiger partial charge is 0.306 e. The number of hydrogen-bond acceptors (Lipinski definition) is 4. The van der Waals surface area contributed by atoms with Crippen molar-refractivity contribution in [3.8, 4) is 0 Å². The highest BCUT2D eigenvalue weighted by molar-refractivity contribution is 7.89. The van der Waals surface area contributed by atoms with Crippen LogP contribution in [0, 0.1) is 12.8 Å². The van der Waals surface area contributed by atoms with Gasteiger partial charge in [0.25, 0.3) is 0 Å². The highest BCUT2D eigenvalue weighted by Gasteiger charge is 2.37. The molecule has 1 saturated carbocycles. The van der Waals surface area contributed by atoms with Crippen molar-refractivity contribution in [2.45, 2.75) is 30.7 Å². The van der Waals surface area contributed by atoms with Crippen LogP contribution in [0.3, 0.4) is 0 Å². The standard InChI is InChI=1S/C15H16N2O4S/c1-9-5-6-10-3-2-4-13(14(10)16-9)22(20,21)17-12-7-11(8-12)15(18)19/h2-6,11-12,17H,7-8H2,1H3,(H,18,19). The van der Waals surface area contributed by atoms with Gasteiger partial charge in [-0.2, -0.15) is 0 Å². The molecule has 1 fully saturated rings. The number of fused-ring (bicyclic) bond motifs is 1. The molecule has 0 radical (unpaired) electrons. The summed E-state index contributed by atoms with van der Waals surface area (Å²) in [5.41, 5.74) is 1.17. The van der Waals surface area contributed by atoms with E-state index >= 15 is 0 Å². The van der Waals surface area contributed by atoms with Crippen molar-refractivity contribution in [2.24, 2.45) is 5.92 Å². The van der Waals surface area contributed by atoms with Gasteiger partial charge in [-0.15, -0.1) is 0 Å². The van der Waals surface area contributed by atoms with Crippen LogP contribution in [0.4, 0.5) is 0 Å². The topological polar surface area (TPSA) is 96.4 Å². The average Bonchev–Trinajstić information content (AvgIpc) is 2.41. The summed E-state index contributed by atoms with van der Waals surface area (Å²) in [6.07, 6.45) is 0.650. The summed E-state index contributed by atoms with van der Waals surface area (Å²) in [6, 6.07) is 8.34. The van der Waals surface area contributed by atoms with Crippen molar-refractivity contribution in [3.05, 3.63) is 36.0 Å². The Kier molecular flexibility index (Phi) is 3.62. The fourth-order valence-corrected chi connectivity index (χ4v) is 4.07. The second kappa shape index (κ2) is 5.33. The van der Waals surface area contributed by atoms with E-state index in [0.29, 0.717) is 18.4 Å². The lowest BCUT2D eigenvalue weighted by atomic mass is 9.81. The predicted molar refractivity (Wildman–Crippen MR) is 80.9 cm³/mol. The summed E-state index contributed by atoms with van der Waals surface area (Å²) in [7, 11) is -3.72. The molecule has 1 aliphatic rings. The number of benzene rings is 1. The molecule has 22 heavy (non-hydrogen) atoms. The molecule has 0 aliphatic heterocycles. The summed E-state index contributed by atoms with van der Waals surface area (Å²) >= 11 is 0. The van der Waals surface area contributed by atoms with E-state index in [4.69, 9.17) is 5.11 Å². The lowest BCUT2D eigenvalue weighted by Crippen LogP contribution is -2.46. The Bertz CT molecular complexity index is 842. The summed E-state index contributed by atoms with van der Waals surface area (Å²) in [6.45, 7) is 1.81. The van der Waals surface area contributed by atoms with Crippen LogP contribution in [0.15, 0.2) is 35.2 Å². The molecular formula is C15H16N2O4S. The van der Waals surface area contributed by atoms with Crippen molar-refractivity contribution in [2.75, 3.05) is 0 Å². The maximum atomic E-state index is 12.5. The minimum atomic E-state index is -3.72. The molecule has 6 nitrogen and oxygen atoms in total. The van der Waals surface area contributed by atoms with Crippen LogP contribution >= 0.6 is 0 Å². The normalized spacial score (nSPS) is 21.5. The van der Waals surface area contributed by atoms with Gasteiger partial charge in [0, 0.05) is 17.1 Å². The Morgan fingerprint density at radius 3 is 2.68 bits per heavy atom. The van der Waals surface area contributed by atoms with Crippen molar-refractivity contribution in [3.63, 3.8) is 0 Å². The van der Waals surface area contributed by atoms with Crippen LogP contribution in [0.5, 0.6) is 0 Å². The van der Waals surface area contributed by atoms with E-state index in [0.717, 1.165) is 11.1 Å². The number of nitrogens with one attached hydrogen (secondary N) is 1. The van der Waals surface area contributed by atoms with E-state index < -0.39 is 21.9 Å². The van der Waals surface area contributed by atoms with Crippen LogP contribution in [0.2, 0.25) is 0 Å². The van der Waals surface area contributed by atoms with Gasteiger partial charge in [-0.3, -0.25) is 9.78 Å². The molecule has 1 aliphatic carbocycles. The number of hydrogen-bond donors (Lipinski definition) is 2. The fraction of sp³-hybridized carbons (Fsp3) is 0.333. The Morgan fingerprint density at radius 1 is 1.27 bits per heavy atom. The van der Waals surface area contributed by atoms with E-state index in [-0.39, 0.29) is 10.9 Å². The van der Waals surface area contributed by atoms with Gasteiger partial charge in [0.1, 0.15) is 4.90 Å². The SMILES string of the molecule is Cc1ccc2cccc(S(=O)(=O)NC3CC(C(=O)O)C3)c2n1. The third-order valence-electron chi connectivity index (χ3n) is 3.92. The zero-order valence-corrected chi connectivity index (χ0v) is 12.8. The summed E-state index contributed by atoms with van der Waals surface area (Å²) in [5.74, 6) is -1.33. The molecule has 0 atom stereocenters. The van der Waals surface area contributed by atoms with Crippen molar-refractivity contribution < 1.29 is 18.3 Å². The predicted octanol–water partition coefficient (Wildman–Crippen LogP) is 1.68. The minimum absolute atomic E-state index is 0.132. The fourth-order valence-electron chi connectivity index (χ4n) is 2.63. The van der Waals surface area contributed by atoms with Gasteiger partial charge >= 0.3 is 5.97 Å². The number of sulfonamides is 1. The van der Waals surface area contributed by atoms with E-state index in [2.05, 4.69) is 9.71 Å². The summed E-state index contributed by atoms with van der Waals surface area (Å²) in [5, 5.41) is 9.61. The van der Waals surface area contributed by atoms with Gasteiger partial charge in [0.05, 0.1) is 11.4 Å². The maximum absolute atomic E-state index is 12.5. The van der Waals surface area contributed by atoms with E-state index in [1.165, 1.54) is 6.07 Å². The first kappa shape index (κ1) is 14.9. The molecular weight excluding hydrogens is 304 g/mol. The van der Waals surface area contributed by atoms with Crippen LogP contribution in [-0.4, -0.2) is 30.5 Å². The van der Waals surface area contributed by atoms with E-state index in [1.807, 2.05) is 18.2 Å². The summed E-state index contributed by atoms with van der Waals surface area (Å²) in [4.78, 5) is 15.2. The third kappa shape index (κ3) is 2.69. The minimum Gasteiger partial charge on any atom is -0.481 e. The van der Waals surface area contributed by atoms with Crippen LogP contribution in [0.25, 0.3) is 10.9 Å². The number of pyridine rings is 1. The number of para-hydroxylation sites is 1. The number of carboxylic acids is 1. The molecule has 0 unspecified atom stereocenters. The van der Waals surface area contributed by atoms with Gasteiger partial charge < -0.3 is 5.11 Å². The Hall–Kier alpha value is -1.99. The number of rotatable bonds is 4. The zero-order valence-electron chi connectivity index (χ0n) is 12.0. The Balaban J connectivity index is 1.90. The molecule has 1 aromatic carbocycles. The number of nitrogens with zero attached hydrogens (tertiary/aromatic N) is 1. The Labute approximate surface area is 128 Å². The molecule has 2 N–H and O–H groups in total. The van der Waals surface area contributed by atoms with E-state index in [1.54, 1.807) is 13.0 Å². The largest absolute Gasteiger partial charge is 0.481 e. The molecule has 7 heteroatoms. The monoisotopic (exact) mass is 320 g/mol. The zero-order chi connectivity index (χ0) is 15.9. The van der Waals surface area contributed by atoms with Crippen LogP contribution in [-0.2, 0) is 14.8 Å². The molecule has 0 spiro atoms. The molecule has 3 rings (SSSR count). The second-order valence-corrected chi connectivity index (χ2v) is 7.29. The Morgan fingerprint density at radius 2 is 2.00 bits per heavy atom. The van der Waals surface area contributed by atoms with Crippen molar-refractivity contribution in [1.29, 1.82) is 0 Å². The van der Waals surface area contributed by atoms with Crippen LogP contribution < -0.4 is 4.72 Å². The van der Waals surface area contributed by atoms with Gasteiger partial charge in [-0.1, -0.05) is 18.2 Å². The lowest BCUT2D eigenvalue weighted by Gasteiger charge is -2.32. The first-order valence-electron chi connectivity index (χ1n) is 6.98. The number of carbonyl (C=O) groups is 1. The molecule has 1 aromatic heterocycles. The molecule has 116 valence electrons. The van der Waals surface area contributed by atoms with Crippen molar-refractivity contribution in [1.82, 2.24) is 9.71 Å². The third-order valence-corrected chi connectivity index (χ3v) is 5.47. The maximum Gasteiger partial charge on any atom is 0.306 e.